The van der Waals surface area contributed by atoms with Gasteiger partial charge in [-0.25, -0.2) is 9.18 Å². The Morgan fingerprint density at radius 1 is 0.936 bits per heavy atom. The van der Waals surface area contributed by atoms with Crippen molar-refractivity contribution in [1.29, 1.82) is 0 Å². The van der Waals surface area contributed by atoms with Crippen LogP contribution in [-0.4, -0.2) is 47.1 Å². The van der Waals surface area contributed by atoms with E-state index in [0.29, 0.717) is 19.5 Å². The highest BCUT2D eigenvalue weighted by Gasteiger charge is 2.37. The number of nitrogens with zero attached hydrogens (tertiary/aromatic N) is 3. The minimum Gasteiger partial charge on any atom is -0.464 e. The SMILES string of the molecule is CCOC(=O)[C@@H](OC(C)(C)C)c1c(C)nc(C)c(-c2ccc(CN(Cc3ccc(F)cc3)C(=O)CC)cc2)c1N1CCC(C)(C)CC1. The Kier molecular flexibility index (Phi) is 11.5. The maximum Gasteiger partial charge on any atom is 0.340 e. The number of pyridine rings is 1. The van der Waals surface area contributed by atoms with E-state index in [1.165, 1.54) is 12.1 Å². The number of halogens is 1. The number of carbonyl (C=O) groups excluding carboxylic acids is 2. The molecule has 2 heterocycles. The van der Waals surface area contributed by atoms with Gasteiger partial charge in [-0.15, -0.1) is 0 Å². The van der Waals surface area contributed by atoms with E-state index in [1.54, 1.807) is 17.0 Å². The Labute approximate surface area is 280 Å². The van der Waals surface area contributed by atoms with Gasteiger partial charge in [-0.05, 0) is 88.6 Å². The average molecular weight is 646 g/mol. The van der Waals surface area contributed by atoms with Gasteiger partial charge >= 0.3 is 5.97 Å². The number of benzene rings is 2. The zero-order valence-corrected chi connectivity index (χ0v) is 29.7. The van der Waals surface area contributed by atoms with Crippen molar-refractivity contribution in [2.24, 2.45) is 5.41 Å². The number of aryl methyl sites for hydroxylation is 2. The molecule has 2 aromatic carbocycles. The Bertz CT molecular complexity index is 1530. The van der Waals surface area contributed by atoms with E-state index in [4.69, 9.17) is 14.5 Å². The topological polar surface area (TPSA) is 72.0 Å². The number of esters is 1. The van der Waals surface area contributed by atoms with Crippen molar-refractivity contribution < 1.29 is 23.5 Å². The summed E-state index contributed by atoms with van der Waals surface area (Å²) in [7, 11) is 0. The number of amides is 1. The third-order valence-corrected chi connectivity index (χ3v) is 8.80. The number of piperidine rings is 1. The molecule has 0 spiro atoms. The highest BCUT2D eigenvalue weighted by atomic mass is 19.1. The van der Waals surface area contributed by atoms with Crippen molar-refractivity contribution in [2.45, 2.75) is 106 Å². The summed E-state index contributed by atoms with van der Waals surface area (Å²) < 4.78 is 25.6. The average Bonchev–Trinajstić information content (AvgIpc) is 3.00. The van der Waals surface area contributed by atoms with Gasteiger partial charge in [0.05, 0.1) is 17.9 Å². The third kappa shape index (κ3) is 9.19. The Morgan fingerprint density at radius 3 is 2.00 bits per heavy atom. The summed E-state index contributed by atoms with van der Waals surface area (Å²) in [5.41, 5.74) is 6.78. The van der Waals surface area contributed by atoms with E-state index < -0.39 is 17.7 Å². The zero-order chi connectivity index (χ0) is 34.5. The molecule has 0 bridgehead atoms. The maximum atomic E-state index is 13.6. The molecule has 1 fully saturated rings. The predicted octanol–water partition coefficient (Wildman–Crippen LogP) is 8.49. The van der Waals surface area contributed by atoms with Gasteiger partial charge in [0, 0.05) is 55.1 Å². The van der Waals surface area contributed by atoms with Crippen LogP contribution in [-0.2, 0) is 32.2 Å². The number of hydrogen-bond acceptors (Lipinski definition) is 6. The van der Waals surface area contributed by atoms with Gasteiger partial charge < -0.3 is 19.3 Å². The van der Waals surface area contributed by atoms with Gasteiger partial charge in [0.25, 0.3) is 0 Å². The number of aromatic nitrogens is 1. The monoisotopic (exact) mass is 645 g/mol. The summed E-state index contributed by atoms with van der Waals surface area (Å²) in [4.78, 5) is 35.7. The summed E-state index contributed by atoms with van der Waals surface area (Å²) >= 11 is 0. The van der Waals surface area contributed by atoms with Crippen molar-refractivity contribution in [3.8, 4) is 11.1 Å². The smallest absolute Gasteiger partial charge is 0.340 e. The summed E-state index contributed by atoms with van der Waals surface area (Å²) in [6.45, 7) is 20.8. The first-order valence-corrected chi connectivity index (χ1v) is 16.8. The quantitative estimate of drug-likeness (QED) is 0.195. The number of carbonyl (C=O) groups is 2. The predicted molar refractivity (Wildman–Crippen MR) is 186 cm³/mol. The van der Waals surface area contributed by atoms with E-state index in [2.05, 4.69) is 30.9 Å². The van der Waals surface area contributed by atoms with E-state index in [0.717, 1.165) is 70.8 Å². The van der Waals surface area contributed by atoms with E-state index in [1.807, 2.05) is 60.6 Å². The first-order chi connectivity index (χ1) is 22.1. The van der Waals surface area contributed by atoms with Crippen LogP contribution in [0.25, 0.3) is 11.1 Å². The molecular formula is C39H52FN3O4. The molecule has 3 aromatic rings. The second kappa shape index (κ2) is 15.0. The highest BCUT2D eigenvalue weighted by molar-refractivity contribution is 5.88. The molecule has 1 aliphatic heterocycles. The van der Waals surface area contributed by atoms with Gasteiger partial charge in [0.15, 0.2) is 6.10 Å². The molecule has 1 aromatic heterocycles. The van der Waals surface area contributed by atoms with E-state index in [9.17, 15) is 14.0 Å². The van der Waals surface area contributed by atoms with Crippen LogP contribution in [0.2, 0.25) is 0 Å². The molecule has 8 heteroatoms. The fraction of sp³-hybridized carbons (Fsp3) is 0.513. The lowest BCUT2D eigenvalue weighted by molar-refractivity contribution is -0.166. The lowest BCUT2D eigenvalue weighted by atomic mass is 9.81. The van der Waals surface area contributed by atoms with Gasteiger partial charge in [-0.3, -0.25) is 9.78 Å². The van der Waals surface area contributed by atoms with Gasteiger partial charge in [0.2, 0.25) is 5.91 Å². The third-order valence-electron chi connectivity index (χ3n) is 8.80. The van der Waals surface area contributed by atoms with E-state index in [-0.39, 0.29) is 23.7 Å². The zero-order valence-electron chi connectivity index (χ0n) is 29.7. The number of rotatable bonds is 11. The molecule has 4 rings (SSSR count). The molecule has 1 amide bonds. The molecule has 0 unspecified atom stereocenters. The second-order valence-electron chi connectivity index (χ2n) is 14.4. The number of hydrogen-bond donors (Lipinski definition) is 0. The summed E-state index contributed by atoms with van der Waals surface area (Å²) in [6, 6.07) is 14.5. The minimum absolute atomic E-state index is 0.0285. The van der Waals surface area contributed by atoms with Crippen molar-refractivity contribution >= 4 is 17.6 Å². The Morgan fingerprint density at radius 2 is 1.49 bits per heavy atom. The van der Waals surface area contributed by atoms with Crippen LogP contribution in [0.15, 0.2) is 48.5 Å². The Hall–Kier alpha value is -3.78. The fourth-order valence-corrected chi connectivity index (χ4v) is 6.23. The van der Waals surface area contributed by atoms with Crippen LogP contribution in [0.4, 0.5) is 10.1 Å². The molecule has 1 atom stereocenters. The van der Waals surface area contributed by atoms with Crippen molar-refractivity contribution in [3.05, 3.63) is 82.4 Å². The van der Waals surface area contributed by atoms with Crippen LogP contribution in [0.5, 0.6) is 0 Å². The summed E-state index contributed by atoms with van der Waals surface area (Å²) in [5.74, 6) is -0.688. The van der Waals surface area contributed by atoms with Crippen molar-refractivity contribution in [3.63, 3.8) is 0 Å². The molecule has 0 radical (unpaired) electrons. The van der Waals surface area contributed by atoms with Gasteiger partial charge in [-0.2, -0.15) is 0 Å². The minimum atomic E-state index is -0.939. The summed E-state index contributed by atoms with van der Waals surface area (Å²) in [5, 5.41) is 0. The molecule has 0 saturated carbocycles. The Balaban J connectivity index is 1.79. The molecule has 47 heavy (non-hydrogen) atoms. The van der Waals surface area contributed by atoms with Gasteiger partial charge in [-0.1, -0.05) is 57.2 Å². The largest absolute Gasteiger partial charge is 0.464 e. The summed E-state index contributed by atoms with van der Waals surface area (Å²) in [6.07, 6.45) is 1.48. The lowest BCUT2D eigenvalue weighted by Gasteiger charge is -2.41. The normalized spacial score (nSPS) is 15.3. The first kappa shape index (κ1) is 36.1. The number of anilines is 1. The molecule has 1 saturated heterocycles. The molecule has 1 aliphatic rings. The molecule has 7 nitrogen and oxygen atoms in total. The second-order valence-corrected chi connectivity index (χ2v) is 14.4. The van der Waals surface area contributed by atoms with Gasteiger partial charge in [0.1, 0.15) is 5.82 Å². The van der Waals surface area contributed by atoms with Crippen LogP contribution in [0.3, 0.4) is 0 Å². The van der Waals surface area contributed by atoms with Crippen LogP contribution in [0, 0.1) is 25.1 Å². The molecular weight excluding hydrogens is 593 g/mol. The number of ether oxygens (including phenoxy) is 2. The highest BCUT2D eigenvalue weighted by Crippen LogP contribution is 2.45. The fourth-order valence-electron chi connectivity index (χ4n) is 6.23. The van der Waals surface area contributed by atoms with Crippen molar-refractivity contribution in [2.75, 3.05) is 24.6 Å². The van der Waals surface area contributed by atoms with E-state index >= 15 is 0 Å². The maximum absolute atomic E-state index is 13.6. The van der Waals surface area contributed by atoms with Crippen molar-refractivity contribution in [1.82, 2.24) is 9.88 Å². The molecule has 254 valence electrons. The standard InChI is InChI=1S/C39H52FN3O4/c1-10-32(44)43(25-29-14-18-31(40)19-15-29)24-28-12-16-30(17-13-28)33-26(3)41-27(4)34(35(33)42-22-20-39(8,9)21-23-42)36(37(45)46-11-2)47-38(5,6)7/h12-19,36H,10-11,20-25H2,1-9H3/t36-/m0/s1. The molecule has 0 aliphatic carbocycles. The van der Waals surface area contributed by atoms with Crippen LogP contribution < -0.4 is 4.90 Å². The van der Waals surface area contributed by atoms with Crippen LogP contribution in [0.1, 0.15) is 102 Å². The molecule has 0 N–H and O–H groups in total. The van der Waals surface area contributed by atoms with Crippen LogP contribution >= 0.6 is 0 Å². The lowest BCUT2D eigenvalue weighted by Crippen LogP contribution is -2.39. The first-order valence-electron chi connectivity index (χ1n) is 16.8.